The van der Waals surface area contributed by atoms with E-state index in [1.54, 1.807) is 6.07 Å². The van der Waals surface area contributed by atoms with Gasteiger partial charge in [0.2, 0.25) is 0 Å². The molecule has 0 amide bonds. The van der Waals surface area contributed by atoms with Crippen LogP contribution in [0, 0.1) is 11.8 Å². The van der Waals surface area contributed by atoms with Crippen molar-refractivity contribution in [2.75, 3.05) is 6.54 Å². The Hall–Kier alpha value is -1.48. The van der Waals surface area contributed by atoms with E-state index in [-0.39, 0.29) is 0 Å². The van der Waals surface area contributed by atoms with Crippen LogP contribution in [-0.4, -0.2) is 28.6 Å². The molecule has 23 heavy (non-hydrogen) atoms. The minimum Gasteiger partial charge on any atom is -0.508 e. The van der Waals surface area contributed by atoms with E-state index >= 15 is 0 Å². The maximum Gasteiger partial charge on any atom is 0.134 e. The normalized spacial score (nSPS) is 38.5. The van der Waals surface area contributed by atoms with Crippen LogP contribution < -0.4 is 0 Å². The van der Waals surface area contributed by atoms with E-state index in [0.717, 1.165) is 29.2 Å². The van der Waals surface area contributed by atoms with Gasteiger partial charge in [-0.3, -0.25) is 4.90 Å². The summed E-state index contributed by atoms with van der Waals surface area (Å²) in [5, 5.41) is 11.1. The van der Waals surface area contributed by atoms with Crippen molar-refractivity contribution in [3.05, 3.63) is 29.5 Å². The van der Waals surface area contributed by atoms with Crippen molar-refractivity contribution >= 4 is 11.0 Å². The Morgan fingerprint density at radius 3 is 2.96 bits per heavy atom. The molecule has 1 aliphatic carbocycles. The zero-order valence-electron chi connectivity index (χ0n) is 14.0. The molecule has 4 aliphatic rings. The van der Waals surface area contributed by atoms with Crippen LogP contribution in [0.1, 0.15) is 50.4 Å². The first-order valence-corrected chi connectivity index (χ1v) is 9.15. The maximum atomic E-state index is 9.93. The highest BCUT2D eigenvalue weighted by atomic mass is 16.3. The summed E-state index contributed by atoms with van der Waals surface area (Å²) in [7, 11) is 0. The highest BCUT2D eigenvalue weighted by Gasteiger charge is 2.50. The largest absolute Gasteiger partial charge is 0.508 e. The van der Waals surface area contributed by atoms with Gasteiger partial charge >= 0.3 is 0 Å². The van der Waals surface area contributed by atoms with Crippen LogP contribution in [0.5, 0.6) is 5.75 Å². The van der Waals surface area contributed by atoms with Crippen molar-refractivity contribution in [1.29, 1.82) is 0 Å². The average molecular weight is 311 g/mol. The van der Waals surface area contributed by atoms with Crippen molar-refractivity contribution < 1.29 is 9.52 Å². The molecule has 2 saturated heterocycles. The summed E-state index contributed by atoms with van der Waals surface area (Å²) in [6.07, 6.45) is 4.91. The minimum absolute atomic E-state index is 0.344. The minimum atomic E-state index is 0.344. The third-order valence-corrected chi connectivity index (χ3v) is 6.66. The third kappa shape index (κ3) is 1.86. The van der Waals surface area contributed by atoms with Gasteiger partial charge in [-0.1, -0.05) is 13.8 Å². The molecule has 2 unspecified atom stereocenters. The first-order chi connectivity index (χ1) is 11.2. The average Bonchev–Trinajstić information content (AvgIpc) is 2.85. The number of piperidine rings is 2. The van der Waals surface area contributed by atoms with Crippen LogP contribution in [-0.2, 0) is 6.42 Å². The molecule has 3 aliphatic heterocycles. The smallest absolute Gasteiger partial charge is 0.134 e. The Morgan fingerprint density at radius 2 is 2.17 bits per heavy atom. The molecular formula is C20H25NO2. The van der Waals surface area contributed by atoms with Crippen LogP contribution in [0.15, 0.2) is 22.6 Å². The molecule has 3 fully saturated rings. The fourth-order valence-corrected chi connectivity index (χ4v) is 5.84. The quantitative estimate of drug-likeness (QED) is 0.853. The van der Waals surface area contributed by atoms with E-state index in [1.165, 1.54) is 37.1 Å². The van der Waals surface area contributed by atoms with E-state index in [1.807, 2.05) is 12.1 Å². The van der Waals surface area contributed by atoms with Crippen molar-refractivity contribution in [3.8, 4) is 5.75 Å². The SMILES string of the molecule is CC[C@H]1Cc2c(oc3ccc(O)cc23)[C@@H]2C[C@@H]3C[C@H](C)C2N1C3. The van der Waals surface area contributed by atoms with Crippen LogP contribution in [0.2, 0.25) is 0 Å². The van der Waals surface area contributed by atoms with E-state index in [0.29, 0.717) is 23.8 Å². The molecule has 1 N–H and O–H groups in total. The van der Waals surface area contributed by atoms with E-state index < -0.39 is 0 Å². The van der Waals surface area contributed by atoms with Crippen LogP contribution in [0.3, 0.4) is 0 Å². The molecule has 4 heterocycles. The fourth-order valence-electron chi connectivity index (χ4n) is 5.84. The Kier molecular flexibility index (Phi) is 2.88. The molecular weight excluding hydrogens is 286 g/mol. The van der Waals surface area contributed by atoms with Gasteiger partial charge in [-0.15, -0.1) is 0 Å². The summed E-state index contributed by atoms with van der Waals surface area (Å²) in [6.45, 7) is 6.02. The Bertz CT molecular complexity index is 764. The molecule has 0 radical (unpaired) electrons. The molecule has 6 atom stereocenters. The van der Waals surface area contributed by atoms with E-state index in [2.05, 4.69) is 18.7 Å². The van der Waals surface area contributed by atoms with Crippen LogP contribution >= 0.6 is 0 Å². The molecule has 3 nitrogen and oxygen atoms in total. The number of nitrogens with zero attached hydrogens (tertiary/aromatic N) is 1. The summed E-state index contributed by atoms with van der Waals surface area (Å²) in [5.74, 6) is 3.69. The lowest BCUT2D eigenvalue weighted by atomic mass is 9.66. The molecule has 122 valence electrons. The standard InChI is InChI=1S/C20H25NO2/c1-3-13-8-16-15-9-14(22)4-5-18(15)23-20(16)17-7-12-6-11(2)19(17)21(13)10-12/h4-5,9,11-13,17,19,22H,3,6-8,10H2,1-2H3/t11-,12-,13-,17+,19?/m0/s1. The molecule has 6 rings (SSSR count). The highest BCUT2D eigenvalue weighted by Crippen LogP contribution is 2.52. The van der Waals surface area contributed by atoms with Crippen molar-refractivity contribution in [1.82, 2.24) is 4.90 Å². The lowest BCUT2D eigenvalue weighted by Crippen LogP contribution is -2.58. The predicted molar refractivity (Wildman–Crippen MR) is 90.8 cm³/mol. The highest BCUT2D eigenvalue weighted by molar-refractivity contribution is 5.84. The van der Waals surface area contributed by atoms with Crippen molar-refractivity contribution in [3.63, 3.8) is 0 Å². The second-order valence-electron chi connectivity index (χ2n) is 8.00. The van der Waals surface area contributed by atoms with Crippen LogP contribution in [0.4, 0.5) is 0 Å². The van der Waals surface area contributed by atoms with Gasteiger partial charge < -0.3 is 9.52 Å². The molecule has 3 heteroatoms. The lowest BCUT2D eigenvalue weighted by molar-refractivity contribution is -0.0363. The van der Waals surface area contributed by atoms with Gasteiger partial charge in [0.15, 0.2) is 0 Å². The third-order valence-electron chi connectivity index (χ3n) is 6.66. The molecule has 2 aromatic rings. The van der Waals surface area contributed by atoms with Gasteiger partial charge in [-0.2, -0.15) is 0 Å². The van der Waals surface area contributed by atoms with Gasteiger partial charge in [0.05, 0.1) is 0 Å². The monoisotopic (exact) mass is 311 g/mol. The molecule has 0 spiro atoms. The van der Waals surface area contributed by atoms with Crippen LogP contribution in [0.25, 0.3) is 11.0 Å². The number of aromatic hydroxyl groups is 1. The van der Waals surface area contributed by atoms with Crippen molar-refractivity contribution in [2.45, 2.75) is 57.5 Å². The molecule has 1 aromatic carbocycles. The number of fused-ring (bicyclic) bond motifs is 4. The Balaban J connectivity index is 1.73. The molecule has 4 bridgehead atoms. The predicted octanol–water partition coefficient (Wildman–Crippen LogP) is 4.29. The Labute approximate surface area is 137 Å². The first-order valence-electron chi connectivity index (χ1n) is 9.15. The summed E-state index contributed by atoms with van der Waals surface area (Å²) in [6, 6.07) is 6.82. The zero-order chi connectivity index (χ0) is 15.7. The topological polar surface area (TPSA) is 36.6 Å². The number of benzene rings is 1. The van der Waals surface area contributed by atoms with Gasteiger partial charge in [0.1, 0.15) is 17.1 Å². The second-order valence-corrected chi connectivity index (χ2v) is 8.00. The van der Waals surface area contributed by atoms with Gasteiger partial charge in [-0.05, 0) is 55.7 Å². The van der Waals surface area contributed by atoms with E-state index in [9.17, 15) is 5.11 Å². The van der Waals surface area contributed by atoms with Gasteiger partial charge in [-0.25, -0.2) is 0 Å². The summed E-state index contributed by atoms with van der Waals surface area (Å²) >= 11 is 0. The Morgan fingerprint density at radius 1 is 1.30 bits per heavy atom. The van der Waals surface area contributed by atoms with E-state index in [4.69, 9.17) is 4.42 Å². The van der Waals surface area contributed by atoms with Gasteiger partial charge in [0.25, 0.3) is 0 Å². The first kappa shape index (κ1) is 13.9. The number of furan rings is 1. The van der Waals surface area contributed by atoms with Crippen molar-refractivity contribution in [2.24, 2.45) is 11.8 Å². The fraction of sp³-hybridized carbons (Fsp3) is 0.600. The number of hydrogen-bond acceptors (Lipinski definition) is 3. The summed E-state index contributed by atoms with van der Waals surface area (Å²) < 4.78 is 6.37. The number of rotatable bonds is 1. The number of phenols is 1. The number of hydrogen-bond donors (Lipinski definition) is 1. The lowest BCUT2D eigenvalue weighted by Gasteiger charge is -2.54. The molecule has 1 saturated carbocycles. The summed E-state index contributed by atoms with van der Waals surface area (Å²) in [4.78, 5) is 2.80. The summed E-state index contributed by atoms with van der Waals surface area (Å²) in [5.41, 5.74) is 2.32. The molecule has 1 aromatic heterocycles. The zero-order valence-corrected chi connectivity index (χ0v) is 14.0. The second kappa shape index (κ2) is 4.76. The maximum absolute atomic E-state index is 9.93. The van der Waals surface area contributed by atoms with Gasteiger partial charge in [0, 0.05) is 35.5 Å². The number of phenolic OH excluding ortho intramolecular Hbond substituents is 1.